The molecule has 2 N–H and O–H groups in total. The molecule has 0 spiro atoms. The van der Waals surface area contributed by atoms with Gasteiger partial charge in [-0.3, -0.25) is 0 Å². The van der Waals surface area contributed by atoms with Crippen molar-refractivity contribution in [3.63, 3.8) is 0 Å². The third-order valence-corrected chi connectivity index (χ3v) is 4.52. The zero-order valence-corrected chi connectivity index (χ0v) is 15.2. The van der Waals surface area contributed by atoms with Crippen LogP contribution in [-0.2, 0) is 22.6 Å². The Balaban J connectivity index is 1.63. The lowest BCUT2D eigenvalue weighted by Crippen LogP contribution is -2.32. The Bertz CT molecular complexity index is 709. The Morgan fingerprint density at radius 1 is 1.15 bits per heavy atom. The van der Waals surface area contributed by atoms with Gasteiger partial charge >= 0.3 is 6.03 Å². The maximum atomic E-state index is 11.4. The molecule has 5 nitrogen and oxygen atoms in total. The summed E-state index contributed by atoms with van der Waals surface area (Å²) >= 11 is 0. The lowest BCUT2D eigenvalue weighted by atomic mass is 9.98. The number of rotatable bonds is 6. The number of carbonyl (C=O) groups excluding carboxylic acids is 1. The van der Waals surface area contributed by atoms with E-state index in [4.69, 9.17) is 9.47 Å². The maximum Gasteiger partial charge on any atom is 0.314 e. The van der Waals surface area contributed by atoms with Crippen molar-refractivity contribution in [2.45, 2.75) is 38.7 Å². The highest BCUT2D eigenvalue weighted by Gasteiger charge is 2.14. The van der Waals surface area contributed by atoms with Crippen molar-refractivity contribution in [1.82, 2.24) is 10.6 Å². The Hall–Kier alpha value is -2.37. The van der Waals surface area contributed by atoms with Gasteiger partial charge in [0.15, 0.2) is 6.29 Å². The first-order valence-corrected chi connectivity index (χ1v) is 9.12. The van der Waals surface area contributed by atoms with E-state index in [2.05, 4.69) is 41.0 Å². The predicted molar refractivity (Wildman–Crippen MR) is 102 cm³/mol. The van der Waals surface area contributed by atoms with E-state index in [1.165, 1.54) is 6.42 Å². The zero-order chi connectivity index (χ0) is 18.2. The number of carbonyl (C=O) groups is 1. The van der Waals surface area contributed by atoms with Crippen molar-refractivity contribution < 1.29 is 14.3 Å². The van der Waals surface area contributed by atoms with Crippen LogP contribution in [0.3, 0.4) is 0 Å². The fourth-order valence-electron chi connectivity index (χ4n) is 3.03. The van der Waals surface area contributed by atoms with Gasteiger partial charge < -0.3 is 20.1 Å². The van der Waals surface area contributed by atoms with Crippen LogP contribution in [0.25, 0.3) is 11.1 Å². The third-order valence-electron chi connectivity index (χ3n) is 4.52. The molecular formula is C21H26N2O3. The normalized spacial score (nSPS) is 16.9. The molecular weight excluding hydrogens is 328 g/mol. The van der Waals surface area contributed by atoms with Crippen LogP contribution >= 0.6 is 0 Å². The molecule has 26 heavy (non-hydrogen) atoms. The summed E-state index contributed by atoms with van der Waals surface area (Å²) in [5.74, 6) is 0. The van der Waals surface area contributed by atoms with Crippen LogP contribution in [0.4, 0.5) is 4.79 Å². The van der Waals surface area contributed by atoms with E-state index in [1.807, 2.05) is 18.2 Å². The van der Waals surface area contributed by atoms with Crippen molar-refractivity contribution in [3.8, 4) is 11.1 Å². The number of hydrogen-bond donors (Lipinski definition) is 2. The molecule has 0 aliphatic carbocycles. The summed E-state index contributed by atoms with van der Waals surface area (Å²) < 4.78 is 11.4. The molecule has 1 fully saturated rings. The van der Waals surface area contributed by atoms with Crippen LogP contribution < -0.4 is 10.6 Å². The molecule has 1 heterocycles. The Kier molecular flexibility index (Phi) is 6.63. The second-order valence-corrected chi connectivity index (χ2v) is 6.39. The topological polar surface area (TPSA) is 59.6 Å². The largest absolute Gasteiger partial charge is 0.353 e. The highest BCUT2D eigenvalue weighted by Crippen LogP contribution is 2.24. The average molecular weight is 354 g/mol. The number of urea groups is 1. The molecule has 0 aromatic heterocycles. The highest BCUT2D eigenvalue weighted by atomic mass is 16.7. The van der Waals surface area contributed by atoms with Gasteiger partial charge in [0.1, 0.15) is 0 Å². The Labute approximate surface area is 154 Å². The molecule has 2 aromatic rings. The summed E-state index contributed by atoms with van der Waals surface area (Å²) in [6.45, 7) is 1.84. The van der Waals surface area contributed by atoms with Gasteiger partial charge in [-0.25, -0.2) is 4.79 Å². The quantitative estimate of drug-likeness (QED) is 0.829. The van der Waals surface area contributed by atoms with Crippen LogP contribution in [0.5, 0.6) is 0 Å². The molecule has 138 valence electrons. The fraction of sp³-hybridized carbons (Fsp3) is 0.381. The molecule has 2 aromatic carbocycles. The molecule has 1 saturated heterocycles. The van der Waals surface area contributed by atoms with Gasteiger partial charge in [0.25, 0.3) is 0 Å². The van der Waals surface area contributed by atoms with E-state index >= 15 is 0 Å². The lowest BCUT2D eigenvalue weighted by molar-refractivity contribution is -0.168. The van der Waals surface area contributed by atoms with Crippen molar-refractivity contribution in [1.29, 1.82) is 0 Å². The first-order valence-electron chi connectivity index (χ1n) is 9.12. The van der Waals surface area contributed by atoms with Crippen molar-refractivity contribution in [3.05, 3.63) is 59.7 Å². The SMILES string of the molecule is CNC(=O)NCc1ccccc1-c1ccc(COC2CCCCO2)cc1. The second kappa shape index (κ2) is 9.36. The van der Waals surface area contributed by atoms with Crippen molar-refractivity contribution >= 4 is 6.03 Å². The number of amides is 2. The third kappa shape index (κ3) is 5.07. The minimum atomic E-state index is -0.183. The summed E-state index contributed by atoms with van der Waals surface area (Å²) in [5.41, 5.74) is 4.45. The fourth-order valence-corrected chi connectivity index (χ4v) is 3.03. The van der Waals surface area contributed by atoms with Crippen molar-refractivity contribution in [2.75, 3.05) is 13.7 Å². The summed E-state index contributed by atoms with van der Waals surface area (Å²) in [5, 5.41) is 5.41. The van der Waals surface area contributed by atoms with Gasteiger partial charge in [-0.2, -0.15) is 0 Å². The van der Waals surface area contributed by atoms with E-state index in [0.29, 0.717) is 13.2 Å². The number of ether oxygens (including phenoxy) is 2. The summed E-state index contributed by atoms with van der Waals surface area (Å²) in [4.78, 5) is 11.4. The van der Waals surface area contributed by atoms with Gasteiger partial charge in [0, 0.05) is 20.2 Å². The van der Waals surface area contributed by atoms with E-state index in [9.17, 15) is 4.79 Å². The number of hydrogen-bond acceptors (Lipinski definition) is 3. The molecule has 3 rings (SSSR count). The minimum absolute atomic E-state index is 0.0695. The summed E-state index contributed by atoms with van der Waals surface area (Å²) in [7, 11) is 1.61. The minimum Gasteiger partial charge on any atom is -0.353 e. The summed E-state index contributed by atoms with van der Waals surface area (Å²) in [6.07, 6.45) is 3.21. The zero-order valence-electron chi connectivity index (χ0n) is 15.2. The number of nitrogens with one attached hydrogen (secondary N) is 2. The molecule has 1 unspecified atom stereocenters. The van der Waals surface area contributed by atoms with Crippen LogP contribution in [0.2, 0.25) is 0 Å². The van der Waals surface area contributed by atoms with Crippen LogP contribution in [0, 0.1) is 0 Å². The first-order chi connectivity index (χ1) is 12.8. The maximum absolute atomic E-state index is 11.4. The number of benzene rings is 2. The van der Waals surface area contributed by atoms with Gasteiger partial charge in [0.05, 0.1) is 6.61 Å². The molecule has 1 aliphatic rings. The predicted octanol–water partition coefficient (Wildman–Crippen LogP) is 3.83. The van der Waals surface area contributed by atoms with E-state index < -0.39 is 0 Å². The summed E-state index contributed by atoms with van der Waals surface area (Å²) in [6, 6.07) is 16.3. The Morgan fingerprint density at radius 3 is 2.69 bits per heavy atom. The highest BCUT2D eigenvalue weighted by molar-refractivity contribution is 5.74. The lowest BCUT2D eigenvalue weighted by Gasteiger charge is -2.22. The van der Waals surface area contributed by atoms with Gasteiger partial charge in [-0.1, -0.05) is 48.5 Å². The molecule has 2 amide bonds. The second-order valence-electron chi connectivity index (χ2n) is 6.39. The molecule has 1 atom stereocenters. The smallest absolute Gasteiger partial charge is 0.314 e. The van der Waals surface area contributed by atoms with Gasteiger partial charge in [-0.15, -0.1) is 0 Å². The van der Waals surface area contributed by atoms with E-state index in [0.717, 1.165) is 41.7 Å². The first kappa shape index (κ1) is 18.4. The van der Waals surface area contributed by atoms with Crippen LogP contribution in [0.15, 0.2) is 48.5 Å². The van der Waals surface area contributed by atoms with Crippen molar-refractivity contribution in [2.24, 2.45) is 0 Å². The molecule has 1 aliphatic heterocycles. The van der Waals surface area contributed by atoms with E-state index in [1.54, 1.807) is 7.05 Å². The Morgan fingerprint density at radius 2 is 1.96 bits per heavy atom. The van der Waals surface area contributed by atoms with Crippen LogP contribution in [-0.4, -0.2) is 26.0 Å². The molecule has 5 heteroatoms. The molecule has 0 radical (unpaired) electrons. The monoisotopic (exact) mass is 354 g/mol. The molecule has 0 saturated carbocycles. The van der Waals surface area contributed by atoms with E-state index in [-0.39, 0.29) is 12.3 Å². The standard InChI is InChI=1S/C21H26N2O3/c1-22-21(24)23-14-18-6-2-3-7-19(18)17-11-9-16(10-12-17)15-26-20-8-4-5-13-25-20/h2-3,6-7,9-12,20H,4-5,8,13-15H2,1H3,(H2,22,23,24). The molecule has 0 bridgehead atoms. The van der Waals surface area contributed by atoms with Gasteiger partial charge in [-0.05, 0) is 41.5 Å². The van der Waals surface area contributed by atoms with Crippen LogP contribution in [0.1, 0.15) is 30.4 Å². The average Bonchev–Trinajstić information content (AvgIpc) is 2.72. The van der Waals surface area contributed by atoms with Gasteiger partial charge in [0.2, 0.25) is 0 Å².